The quantitative estimate of drug-likeness (QED) is 0.886. The molecule has 6 nitrogen and oxygen atoms in total. The van der Waals surface area contributed by atoms with Crippen LogP contribution in [0.25, 0.3) is 0 Å². The van der Waals surface area contributed by atoms with E-state index < -0.39 is 24.1 Å². The topological polar surface area (TPSA) is 93.1 Å². The molecule has 1 aromatic carbocycles. The second-order valence-corrected chi connectivity index (χ2v) is 5.83. The van der Waals surface area contributed by atoms with Gasteiger partial charge in [0.2, 0.25) is 5.60 Å². The molecule has 1 aliphatic heterocycles. The Labute approximate surface area is 128 Å². The van der Waals surface area contributed by atoms with E-state index in [1.807, 2.05) is 20.8 Å². The maximum atomic E-state index is 11.4. The number of carbonyl (C=O) groups is 2. The van der Waals surface area contributed by atoms with E-state index in [9.17, 15) is 14.7 Å². The van der Waals surface area contributed by atoms with Gasteiger partial charge in [-0.05, 0) is 50.8 Å². The van der Waals surface area contributed by atoms with E-state index in [1.54, 1.807) is 6.92 Å². The van der Waals surface area contributed by atoms with Crippen LogP contribution < -0.4 is 9.47 Å². The average Bonchev–Trinajstić information content (AvgIpc) is 2.44. The molecule has 0 bridgehead atoms. The van der Waals surface area contributed by atoms with Crippen molar-refractivity contribution in [1.82, 2.24) is 0 Å². The van der Waals surface area contributed by atoms with Gasteiger partial charge in [-0.1, -0.05) is 0 Å². The van der Waals surface area contributed by atoms with Gasteiger partial charge in [-0.3, -0.25) is 0 Å². The number of carboxylic acid groups (broad SMARTS) is 2. The molecule has 0 fully saturated rings. The molecule has 0 amide bonds. The van der Waals surface area contributed by atoms with E-state index in [1.165, 1.54) is 0 Å². The zero-order chi connectivity index (χ0) is 16.7. The lowest BCUT2D eigenvalue weighted by molar-refractivity contribution is -0.155. The third-order valence-corrected chi connectivity index (χ3v) is 4.28. The number of fused-ring (bicyclic) bond motifs is 1. The van der Waals surface area contributed by atoms with E-state index in [2.05, 4.69) is 0 Å². The van der Waals surface area contributed by atoms with E-state index in [0.29, 0.717) is 24.3 Å². The monoisotopic (exact) mass is 308 g/mol. The molecule has 0 radical (unpaired) electrons. The Bertz CT molecular complexity index is 649. The van der Waals surface area contributed by atoms with Crippen LogP contribution in [0.5, 0.6) is 11.5 Å². The number of benzene rings is 1. The number of aliphatic carboxylic acids is 2. The molecule has 22 heavy (non-hydrogen) atoms. The van der Waals surface area contributed by atoms with Gasteiger partial charge in [0.05, 0.1) is 0 Å². The average molecular weight is 308 g/mol. The maximum absolute atomic E-state index is 11.4. The summed E-state index contributed by atoms with van der Waals surface area (Å²) in [5, 5.41) is 18.1. The summed E-state index contributed by atoms with van der Waals surface area (Å²) in [7, 11) is 0. The highest BCUT2D eigenvalue weighted by Crippen LogP contribution is 2.43. The van der Waals surface area contributed by atoms with E-state index >= 15 is 0 Å². The first kappa shape index (κ1) is 16.1. The number of rotatable bonds is 4. The molecule has 1 atom stereocenters. The molecule has 1 aliphatic rings. The number of hydrogen-bond donors (Lipinski definition) is 2. The van der Waals surface area contributed by atoms with Gasteiger partial charge in [0.1, 0.15) is 11.5 Å². The number of ether oxygens (including phenoxy) is 2. The van der Waals surface area contributed by atoms with Crippen LogP contribution in [0.1, 0.15) is 35.6 Å². The third kappa shape index (κ3) is 2.61. The SMILES string of the molecule is Cc1c(C)c2c(c(C)c1OCC(=O)O)CCC(C)(C(=O)O)O2. The zero-order valence-corrected chi connectivity index (χ0v) is 13.1. The second-order valence-electron chi connectivity index (χ2n) is 5.83. The van der Waals surface area contributed by atoms with Crippen molar-refractivity contribution in [2.75, 3.05) is 6.61 Å². The van der Waals surface area contributed by atoms with Crippen LogP contribution in [0.3, 0.4) is 0 Å². The van der Waals surface area contributed by atoms with Crippen molar-refractivity contribution in [2.24, 2.45) is 0 Å². The van der Waals surface area contributed by atoms with Gasteiger partial charge in [-0.15, -0.1) is 0 Å². The van der Waals surface area contributed by atoms with Gasteiger partial charge >= 0.3 is 11.9 Å². The Morgan fingerprint density at radius 2 is 1.82 bits per heavy atom. The van der Waals surface area contributed by atoms with Crippen LogP contribution in [0.2, 0.25) is 0 Å². The van der Waals surface area contributed by atoms with Crippen molar-refractivity contribution < 1.29 is 29.3 Å². The first-order valence-electron chi connectivity index (χ1n) is 7.07. The summed E-state index contributed by atoms with van der Waals surface area (Å²) in [6.45, 7) is 6.64. The predicted molar refractivity (Wildman–Crippen MR) is 78.8 cm³/mol. The minimum atomic E-state index is -1.24. The highest BCUT2D eigenvalue weighted by molar-refractivity contribution is 5.78. The summed E-state index contributed by atoms with van der Waals surface area (Å²) in [5.41, 5.74) is 2.02. The summed E-state index contributed by atoms with van der Waals surface area (Å²) in [4.78, 5) is 22.1. The zero-order valence-electron chi connectivity index (χ0n) is 13.1. The summed E-state index contributed by atoms with van der Waals surface area (Å²) >= 11 is 0. The summed E-state index contributed by atoms with van der Waals surface area (Å²) in [6.07, 6.45) is 0.908. The van der Waals surface area contributed by atoms with Gasteiger partial charge in [0, 0.05) is 12.0 Å². The Morgan fingerprint density at radius 3 is 2.36 bits per heavy atom. The molecule has 0 aliphatic carbocycles. The van der Waals surface area contributed by atoms with Crippen LogP contribution in [0, 0.1) is 20.8 Å². The van der Waals surface area contributed by atoms with Gasteiger partial charge in [0.15, 0.2) is 6.61 Å². The molecule has 2 rings (SSSR count). The first-order valence-corrected chi connectivity index (χ1v) is 7.07. The van der Waals surface area contributed by atoms with Gasteiger partial charge < -0.3 is 19.7 Å². The molecule has 120 valence electrons. The fourth-order valence-corrected chi connectivity index (χ4v) is 2.74. The Kier molecular flexibility index (Phi) is 4.04. The van der Waals surface area contributed by atoms with Crippen LogP contribution in [0.4, 0.5) is 0 Å². The van der Waals surface area contributed by atoms with Crippen LogP contribution >= 0.6 is 0 Å². The normalized spacial score (nSPS) is 20.0. The minimum absolute atomic E-state index is 0.358. The fourth-order valence-electron chi connectivity index (χ4n) is 2.74. The van der Waals surface area contributed by atoms with Gasteiger partial charge in [-0.2, -0.15) is 0 Å². The van der Waals surface area contributed by atoms with Crippen molar-refractivity contribution in [3.8, 4) is 11.5 Å². The predicted octanol–water partition coefficient (Wildman–Crippen LogP) is 2.24. The molecule has 0 saturated carbocycles. The Morgan fingerprint density at radius 1 is 1.18 bits per heavy atom. The summed E-state index contributed by atoms with van der Waals surface area (Å²) in [6, 6.07) is 0. The van der Waals surface area contributed by atoms with E-state index in [0.717, 1.165) is 22.3 Å². The van der Waals surface area contributed by atoms with Crippen molar-refractivity contribution >= 4 is 11.9 Å². The van der Waals surface area contributed by atoms with Crippen molar-refractivity contribution in [3.63, 3.8) is 0 Å². The molecule has 1 heterocycles. The molecule has 0 saturated heterocycles. The fraction of sp³-hybridized carbons (Fsp3) is 0.500. The lowest BCUT2D eigenvalue weighted by Crippen LogP contribution is -2.44. The van der Waals surface area contributed by atoms with Crippen LogP contribution in [-0.4, -0.2) is 34.4 Å². The molecule has 1 unspecified atom stereocenters. The highest BCUT2D eigenvalue weighted by Gasteiger charge is 2.40. The van der Waals surface area contributed by atoms with E-state index in [4.69, 9.17) is 14.6 Å². The minimum Gasteiger partial charge on any atom is -0.481 e. The van der Waals surface area contributed by atoms with Gasteiger partial charge in [-0.25, -0.2) is 9.59 Å². The largest absolute Gasteiger partial charge is 0.481 e. The molecule has 1 aromatic rings. The summed E-state index contributed by atoms with van der Waals surface area (Å²) in [5.74, 6) is -0.905. The smallest absolute Gasteiger partial charge is 0.347 e. The molecule has 0 aromatic heterocycles. The van der Waals surface area contributed by atoms with Crippen LogP contribution in [0.15, 0.2) is 0 Å². The van der Waals surface area contributed by atoms with Crippen molar-refractivity contribution in [2.45, 2.75) is 46.1 Å². The molecular weight excluding hydrogens is 288 g/mol. The van der Waals surface area contributed by atoms with Crippen molar-refractivity contribution in [1.29, 1.82) is 0 Å². The molecular formula is C16H20O6. The maximum Gasteiger partial charge on any atom is 0.347 e. The van der Waals surface area contributed by atoms with Gasteiger partial charge in [0.25, 0.3) is 0 Å². The molecule has 6 heteroatoms. The Balaban J connectivity index is 2.49. The van der Waals surface area contributed by atoms with Crippen LogP contribution in [-0.2, 0) is 16.0 Å². The van der Waals surface area contributed by atoms with Crippen molar-refractivity contribution in [3.05, 3.63) is 22.3 Å². The standard InChI is InChI=1S/C16H20O6/c1-8-9(2)14-11(5-6-16(4,22-14)15(19)20)10(3)13(8)21-7-12(17)18/h5-7H2,1-4H3,(H,17,18)(H,19,20). The number of hydrogen-bond acceptors (Lipinski definition) is 4. The van der Waals surface area contributed by atoms with E-state index in [-0.39, 0.29) is 0 Å². The Hall–Kier alpha value is -2.24. The first-order chi connectivity index (χ1) is 10.2. The highest BCUT2D eigenvalue weighted by atomic mass is 16.5. The number of carboxylic acids is 2. The third-order valence-electron chi connectivity index (χ3n) is 4.28. The molecule has 0 spiro atoms. The second kappa shape index (κ2) is 5.51. The lowest BCUT2D eigenvalue weighted by atomic mass is 9.87. The molecule has 2 N–H and O–H groups in total. The lowest BCUT2D eigenvalue weighted by Gasteiger charge is -2.35. The summed E-state index contributed by atoms with van der Waals surface area (Å²) < 4.78 is 11.2.